The van der Waals surface area contributed by atoms with Crippen LogP contribution < -0.4 is 10.2 Å². The maximum absolute atomic E-state index is 12.6. The van der Waals surface area contributed by atoms with E-state index in [0.717, 1.165) is 5.69 Å². The number of para-hydroxylation sites is 1. The summed E-state index contributed by atoms with van der Waals surface area (Å²) in [6.45, 7) is 6.19. The molecule has 0 aromatic heterocycles. The zero-order chi connectivity index (χ0) is 17.2. The summed E-state index contributed by atoms with van der Waals surface area (Å²) < 4.78 is 5.01. The Labute approximate surface area is 135 Å². The molecule has 0 bridgehead atoms. The number of carbonyl (C=O) groups excluding carboxylic acids is 3. The number of hydrogen-bond donors (Lipinski definition) is 1. The van der Waals surface area contributed by atoms with Crippen LogP contribution in [-0.4, -0.2) is 35.5 Å². The van der Waals surface area contributed by atoms with Crippen LogP contribution in [0.25, 0.3) is 0 Å². The fourth-order valence-electron chi connectivity index (χ4n) is 2.76. The molecule has 0 spiro atoms. The highest BCUT2D eigenvalue weighted by atomic mass is 16.6. The lowest BCUT2D eigenvalue weighted by atomic mass is 10.1. The first-order valence-corrected chi connectivity index (χ1v) is 7.61. The summed E-state index contributed by atoms with van der Waals surface area (Å²) in [4.78, 5) is 37.7. The molecule has 1 saturated heterocycles. The molecule has 1 aliphatic heterocycles. The molecular formula is C17H22N2O4. The molecule has 1 fully saturated rings. The maximum atomic E-state index is 12.6. The Balaban J connectivity index is 2.10. The highest BCUT2D eigenvalue weighted by molar-refractivity contribution is 6.02. The second-order valence-electron chi connectivity index (χ2n) is 6.26. The van der Waals surface area contributed by atoms with Crippen LogP contribution in [-0.2, 0) is 19.1 Å². The van der Waals surface area contributed by atoms with Crippen molar-refractivity contribution in [3.63, 3.8) is 0 Å². The van der Waals surface area contributed by atoms with Crippen molar-refractivity contribution in [3.05, 3.63) is 30.3 Å². The monoisotopic (exact) mass is 318 g/mol. The Morgan fingerprint density at radius 2 is 1.87 bits per heavy atom. The van der Waals surface area contributed by atoms with Gasteiger partial charge < -0.3 is 15.0 Å². The van der Waals surface area contributed by atoms with Gasteiger partial charge >= 0.3 is 5.97 Å². The van der Waals surface area contributed by atoms with Gasteiger partial charge in [0, 0.05) is 18.7 Å². The molecule has 0 radical (unpaired) electrons. The zero-order valence-electron chi connectivity index (χ0n) is 13.8. The van der Waals surface area contributed by atoms with Gasteiger partial charge in [0.15, 0.2) is 5.60 Å². The Hall–Kier alpha value is -2.37. The second kappa shape index (κ2) is 6.40. The molecule has 2 atom stereocenters. The predicted molar refractivity (Wildman–Crippen MR) is 85.8 cm³/mol. The average Bonchev–Trinajstić information content (AvgIpc) is 2.73. The van der Waals surface area contributed by atoms with Crippen LogP contribution in [0.5, 0.6) is 0 Å². The smallest absolute Gasteiger partial charge is 0.303 e. The molecule has 0 unspecified atom stereocenters. The Kier molecular flexibility index (Phi) is 4.73. The molecule has 1 heterocycles. The van der Waals surface area contributed by atoms with Gasteiger partial charge in [-0.15, -0.1) is 0 Å². The van der Waals surface area contributed by atoms with Crippen LogP contribution >= 0.6 is 0 Å². The van der Waals surface area contributed by atoms with Crippen molar-refractivity contribution in [1.29, 1.82) is 0 Å². The molecule has 1 aromatic carbocycles. The van der Waals surface area contributed by atoms with Crippen LogP contribution in [0, 0.1) is 0 Å². The SMILES string of the molecule is CC(=O)OC(C)(C)C(=O)N[C@H]1C[C@H](C)N(c2ccccc2)C1=O. The van der Waals surface area contributed by atoms with Crippen molar-refractivity contribution in [3.8, 4) is 0 Å². The highest BCUT2D eigenvalue weighted by Gasteiger charge is 2.41. The van der Waals surface area contributed by atoms with Gasteiger partial charge in [-0.2, -0.15) is 0 Å². The normalized spacial score (nSPS) is 21.2. The number of carbonyl (C=O) groups is 3. The summed E-state index contributed by atoms with van der Waals surface area (Å²) in [6, 6.07) is 8.70. The number of benzene rings is 1. The second-order valence-corrected chi connectivity index (χ2v) is 6.26. The third kappa shape index (κ3) is 3.70. The number of nitrogens with zero attached hydrogens (tertiary/aromatic N) is 1. The van der Waals surface area contributed by atoms with Crippen molar-refractivity contribution in [2.75, 3.05) is 4.90 Å². The van der Waals surface area contributed by atoms with E-state index < -0.39 is 23.5 Å². The van der Waals surface area contributed by atoms with E-state index in [1.807, 2.05) is 37.3 Å². The minimum absolute atomic E-state index is 0.0213. The number of rotatable bonds is 4. The van der Waals surface area contributed by atoms with E-state index in [2.05, 4.69) is 5.32 Å². The largest absolute Gasteiger partial charge is 0.450 e. The summed E-state index contributed by atoms with van der Waals surface area (Å²) in [5.41, 5.74) is -0.504. The first-order chi connectivity index (χ1) is 10.7. The van der Waals surface area contributed by atoms with Crippen LogP contribution in [0.4, 0.5) is 5.69 Å². The molecule has 6 heteroatoms. The van der Waals surface area contributed by atoms with E-state index in [4.69, 9.17) is 4.74 Å². The van der Waals surface area contributed by atoms with Gasteiger partial charge in [0.2, 0.25) is 5.91 Å². The van der Waals surface area contributed by atoms with E-state index in [9.17, 15) is 14.4 Å². The lowest BCUT2D eigenvalue weighted by molar-refractivity contribution is -0.163. The van der Waals surface area contributed by atoms with Crippen LogP contribution in [0.15, 0.2) is 30.3 Å². The average molecular weight is 318 g/mol. The van der Waals surface area contributed by atoms with Gasteiger partial charge in [-0.05, 0) is 39.3 Å². The molecule has 2 rings (SSSR count). The van der Waals surface area contributed by atoms with Crippen molar-refractivity contribution in [2.45, 2.75) is 51.8 Å². The fourth-order valence-corrected chi connectivity index (χ4v) is 2.76. The van der Waals surface area contributed by atoms with Crippen molar-refractivity contribution < 1.29 is 19.1 Å². The number of hydrogen-bond acceptors (Lipinski definition) is 4. The molecule has 1 aliphatic rings. The van der Waals surface area contributed by atoms with E-state index in [1.165, 1.54) is 20.8 Å². The lowest BCUT2D eigenvalue weighted by Gasteiger charge is -2.25. The third-order valence-corrected chi connectivity index (χ3v) is 3.84. The maximum Gasteiger partial charge on any atom is 0.303 e. The minimum atomic E-state index is -1.31. The number of anilines is 1. The van der Waals surface area contributed by atoms with E-state index >= 15 is 0 Å². The first-order valence-electron chi connectivity index (χ1n) is 7.61. The topological polar surface area (TPSA) is 75.7 Å². The standard InChI is InChI=1S/C17H22N2O4/c1-11-10-14(18-16(22)17(3,4)23-12(2)20)15(21)19(11)13-8-6-5-7-9-13/h5-9,11,14H,10H2,1-4H3,(H,18,22)/t11-,14-/m0/s1. The summed E-state index contributed by atoms with van der Waals surface area (Å²) in [5, 5.41) is 2.70. The first kappa shape index (κ1) is 17.0. The molecule has 0 aliphatic carbocycles. The van der Waals surface area contributed by atoms with Crippen molar-refractivity contribution >= 4 is 23.5 Å². The van der Waals surface area contributed by atoms with Gasteiger partial charge in [0.25, 0.3) is 5.91 Å². The van der Waals surface area contributed by atoms with Gasteiger partial charge in [0.05, 0.1) is 0 Å². The number of nitrogens with one attached hydrogen (secondary N) is 1. The molecule has 1 N–H and O–H groups in total. The summed E-state index contributed by atoms with van der Waals surface area (Å²) in [7, 11) is 0. The van der Waals surface area contributed by atoms with Crippen molar-refractivity contribution in [1.82, 2.24) is 5.32 Å². The molecule has 0 saturated carbocycles. The van der Waals surface area contributed by atoms with Crippen LogP contribution in [0.1, 0.15) is 34.1 Å². The Morgan fingerprint density at radius 1 is 1.26 bits per heavy atom. The quantitative estimate of drug-likeness (QED) is 0.856. The fraction of sp³-hybridized carbons (Fsp3) is 0.471. The van der Waals surface area contributed by atoms with Crippen molar-refractivity contribution in [2.24, 2.45) is 0 Å². The summed E-state index contributed by atoms with van der Waals surface area (Å²) >= 11 is 0. The molecule has 2 amide bonds. The lowest BCUT2D eigenvalue weighted by Crippen LogP contribution is -2.51. The molecule has 6 nitrogen and oxygen atoms in total. The van der Waals surface area contributed by atoms with E-state index in [-0.39, 0.29) is 11.9 Å². The molecule has 23 heavy (non-hydrogen) atoms. The third-order valence-electron chi connectivity index (χ3n) is 3.84. The Morgan fingerprint density at radius 3 is 2.43 bits per heavy atom. The van der Waals surface area contributed by atoms with Gasteiger partial charge in [-0.3, -0.25) is 14.4 Å². The molecule has 1 aromatic rings. The number of amides is 2. The van der Waals surface area contributed by atoms with Gasteiger partial charge in [-0.25, -0.2) is 0 Å². The van der Waals surface area contributed by atoms with Gasteiger partial charge in [-0.1, -0.05) is 18.2 Å². The number of ether oxygens (including phenoxy) is 1. The van der Waals surface area contributed by atoms with E-state index in [0.29, 0.717) is 6.42 Å². The molecular weight excluding hydrogens is 296 g/mol. The summed E-state index contributed by atoms with van der Waals surface area (Å²) in [5.74, 6) is -1.17. The zero-order valence-corrected chi connectivity index (χ0v) is 13.8. The predicted octanol–water partition coefficient (Wildman–Crippen LogP) is 1.64. The summed E-state index contributed by atoms with van der Waals surface area (Å²) in [6.07, 6.45) is 0.510. The number of esters is 1. The van der Waals surface area contributed by atoms with Gasteiger partial charge in [0.1, 0.15) is 6.04 Å². The Bertz CT molecular complexity index is 612. The highest BCUT2D eigenvalue weighted by Crippen LogP contribution is 2.27. The van der Waals surface area contributed by atoms with Crippen LogP contribution in [0.3, 0.4) is 0 Å². The van der Waals surface area contributed by atoms with E-state index in [1.54, 1.807) is 4.90 Å². The minimum Gasteiger partial charge on any atom is -0.450 e. The molecule has 124 valence electrons. The van der Waals surface area contributed by atoms with Crippen LogP contribution in [0.2, 0.25) is 0 Å².